The van der Waals surface area contributed by atoms with Crippen molar-refractivity contribution in [2.24, 2.45) is 13.0 Å². The van der Waals surface area contributed by atoms with Crippen molar-refractivity contribution in [2.75, 3.05) is 0 Å². The minimum absolute atomic E-state index is 0.104. The maximum atomic E-state index is 12.7. The number of nitrogens with zero attached hydrogens (tertiary/aromatic N) is 2. The average Bonchev–Trinajstić information content (AvgIpc) is 3.14. The molecule has 0 saturated heterocycles. The Hall–Kier alpha value is -2.62. The second-order valence-corrected chi connectivity index (χ2v) is 7.36. The fourth-order valence-electron chi connectivity index (χ4n) is 4.58. The number of nitrogens with one attached hydrogen (secondary N) is 1. The summed E-state index contributed by atoms with van der Waals surface area (Å²) in [5, 5.41) is 3.12. The first-order valence-electron chi connectivity index (χ1n) is 8.95. The van der Waals surface area contributed by atoms with Crippen LogP contribution in [0.25, 0.3) is 11.0 Å². The number of aromatic nitrogens is 2. The normalized spacial score (nSPS) is 23.8. The summed E-state index contributed by atoms with van der Waals surface area (Å²) < 4.78 is 2.06. The minimum Gasteiger partial charge on any atom is -0.349 e. The number of rotatable bonds is 3. The number of aryl methyl sites for hydroxylation is 2. The standard InChI is InChI=1S/C21H21N3O/c1-24-18-9-5-4-8-17(18)23-19(24)13-22-20(25)16-12-21(16)11-10-14-6-2-3-7-15(14)21/h2-9,16H,10-13H2,1H3,(H,22,25)/t16-,21+/m0/s1. The lowest BCUT2D eigenvalue weighted by Crippen LogP contribution is -2.28. The highest BCUT2D eigenvalue weighted by Gasteiger charge is 2.61. The van der Waals surface area contributed by atoms with Crippen LogP contribution < -0.4 is 5.32 Å². The zero-order valence-electron chi connectivity index (χ0n) is 14.3. The van der Waals surface area contributed by atoms with Crippen molar-refractivity contribution in [3.05, 3.63) is 65.5 Å². The number of hydrogen-bond acceptors (Lipinski definition) is 2. The Bertz CT molecular complexity index is 990. The van der Waals surface area contributed by atoms with Gasteiger partial charge in [-0.3, -0.25) is 4.79 Å². The Morgan fingerprint density at radius 1 is 1.24 bits per heavy atom. The maximum Gasteiger partial charge on any atom is 0.224 e. The lowest BCUT2D eigenvalue weighted by molar-refractivity contribution is -0.123. The van der Waals surface area contributed by atoms with E-state index in [0.29, 0.717) is 6.54 Å². The first-order valence-corrected chi connectivity index (χ1v) is 8.95. The molecule has 3 aromatic rings. The Morgan fingerprint density at radius 3 is 2.92 bits per heavy atom. The van der Waals surface area contributed by atoms with Gasteiger partial charge in [-0.25, -0.2) is 4.98 Å². The Morgan fingerprint density at radius 2 is 2.04 bits per heavy atom. The van der Waals surface area contributed by atoms with Crippen LogP contribution in [-0.4, -0.2) is 15.5 Å². The van der Waals surface area contributed by atoms with E-state index >= 15 is 0 Å². The van der Waals surface area contributed by atoms with E-state index in [0.717, 1.165) is 36.1 Å². The van der Waals surface area contributed by atoms with E-state index in [1.807, 2.05) is 25.2 Å². The van der Waals surface area contributed by atoms with Gasteiger partial charge in [-0.1, -0.05) is 36.4 Å². The Kier molecular flexibility index (Phi) is 3.05. The molecule has 1 saturated carbocycles. The van der Waals surface area contributed by atoms with Crippen LogP contribution in [-0.2, 0) is 30.2 Å². The molecule has 0 unspecified atom stereocenters. The van der Waals surface area contributed by atoms with E-state index in [2.05, 4.69) is 45.2 Å². The molecule has 1 fully saturated rings. The van der Waals surface area contributed by atoms with Crippen molar-refractivity contribution in [1.29, 1.82) is 0 Å². The molecule has 2 aliphatic carbocycles. The van der Waals surface area contributed by atoms with Gasteiger partial charge < -0.3 is 9.88 Å². The molecule has 2 aliphatic rings. The van der Waals surface area contributed by atoms with Gasteiger partial charge in [-0.05, 0) is 42.5 Å². The number of fused-ring (bicyclic) bond motifs is 3. The first kappa shape index (κ1) is 14.7. The second kappa shape index (κ2) is 5.19. The van der Waals surface area contributed by atoms with Crippen molar-refractivity contribution < 1.29 is 4.79 Å². The molecule has 2 aromatic carbocycles. The number of benzene rings is 2. The molecule has 5 rings (SSSR count). The summed E-state index contributed by atoms with van der Waals surface area (Å²) in [6.45, 7) is 0.484. The number of para-hydroxylation sites is 2. The third kappa shape index (κ3) is 2.13. The SMILES string of the molecule is Cn1c(CNC(=O)[C@@H]2C[C@@]23CCc2ccccc23)nc2ccccc21. The molecular formula is C21H21N3O. The molecule has 2 atom stereocenters. The van der Waals surface area contributed by atoms with E-state index in [9.17, 15) is 4.79 Å². The van der Waals surface area contributed by atoms with Gasteiger partial charge in [0.05, 0.1) is 17.6 Å². The van der Waals surface area contributed by atoms with Gasteiger partial charge in [0.25, 0.3) is 0 Å². The summed E-state index contributed by atoms with van der Waals surface area (Å²) in [6.07, 6.45) is 3.19. The van der Waals surface area contributed by atoms with Gasteiger partial charge >= 0.3 is 0 Å². The van der Waals surface area contributed by atoms with E-state index in [4.69, 9.17) is 0 Å². The van der Waals surface area contributed by atoms with Crippen LogP contribution in [0.5, 0.6) is 0 Å². The van der Waals surface area contributed by atoms with E-state index in [-0.39, 0.29) is 17.2 Å². The number of amides is 1. The maximum absolute atomic E-state index is 12.7. The number of carbonyl (C=O) groups is 1. The predicted molar refractivity (Wildman–Crippen MR) is 97.1 cm³/mol. The highest BCUT2D eigenvalue weighted by atomic mass is 16.2. The van der Waals surface area contributed by atoms with Crippen LogP contribution in [0, 0.1) is 5.92 Å². The van der Waals surface area contributed by atoms with Crippen LogP contribution >= 0.6 is 0 Å². The Labute approximate surface area is 146 Å². The van der Waals surface area contributed by atoms with Gasteiger partial charge in [0, 0.05) is 18.4 Å². The van der Waals surface area contributed by atoms with Gasteiger partial charge in [0.1, 0.15) is 5.82 Å². The predicted octanol–water partition coefficient (Wildman–Crippen LogP) is 3.09. The smallest absolute Gasteiger partial charge is 0.224 e. The van der Waals surface area contributed by atoms with Crippen molar-refractivity contribution in [3.63, 3.8) is 0 Å². The van der Waals surface area contributed by atoms with Crippen LogP contribution in [0.15, 0.2) is 48.5 Å². The molecule has 0 bridgehead atoms. The number of hydrogen-bond donors (Lipinski definition) is 1. The van der Waals surface area contributed by atoms with E-state index < -0.39 is 0 Å². The largest absolute Gasteiger partial charge is 0.349 e. The fourth-order valence-corrected chi connectivity index (χ4v) is 4.58. The van der Waals surface area contributed by atoms with Crippen LogP contribution in [0.4, 0.5) is 0 Å². The quantitative estimate of drug-likeness (QED) is 0.802. The molecule has 126 valence electrons. The van der Waals surface area contributed by atoms with E-state index in [1.165, 1.54) is 11.1 Å². The lowest BCUT2D eigenvalue weighted by atomic mass is 9.95. The molecule has 1 N–H and O–H groups in total. The van der Waals surface area contributed by atoms with Crippen LogP contribution in [0.3, 0.4) is 0 Å². The summed E-state index contributed by atoms with van der Waals surface area (Å²) in [5.41, 5.74) is 5.00. The molecule has 1 aromatic heterocycles. The highest BCUT2D eigenvalue weighted by Crippen LogP contribution is 2.61. The van der Waals surface area contributed by atoms with Gasteiger partial charge in [0.2, 0.25) is 5.91 Å². The van der Waals surface area contributed by atoms with Crippen LogP contribution in [0.2, 0.25) is 0 Å². The molecule has 25 heavy (non-hydrogen) atoms. The van der Waals surface area contributed by atoms with Crippen LogP contribution in [0.1, 0.15) is 29.8 Å². The molecule has 0 radical (unpaired) electrons. The molecule has 4 nitrogen and oxygen atoms in total. The van der Waals surface area contributed by atoms with Crippen molar-refractivity contribution in [2.45, 2.75) is 31.2 Å². The van der Waals surface area contributed by atoms with Crippen molar-refractivity contribution >= 4 is 16.9 Å². The average molecular weight is 331 g/mol. The second-order valence-electron chi connectivity index (χ2n) is 7.36. The van der Waals surface area contributed by atoms with Crippen molar-refractivity contribution in [3.8, 4) is 0 Å². The molecule has 1 heterocycles. The molecule has 4 heteroatoms. The zero-order valence-corrected chi connectivity index (χ0v) is 14.3. The highest BCUT2D eigenvalue weighted by molar-refractivity contribution is 5.85. The lowest BCUT2D eigenvalue weighted by Gasteiger charge is -2.11. The number of imidazole rings is 1. The molecule has 1 amide bonds. The van der Waals surface area contributed by atoms with Crippen molar-refractivity contribution in [1.82, 2.24) is 14.9 Å². The Balaban J connectivity index is 1.32. The fraction of sp³-hybridized carbons (Fsp3) is 0.333. The number of carbonyl (C=O) groups excluding carboxylic acids is 1. The van der Waals surface area contributed by atoms with Gasteiger partial charge in [-0.15, -0.1) is 0 Å². The van der Waals surface area contributed by atoms with E-state index in [1.54, 1.807) is 0 Å². The first-order chi connectivity index (χ1) is 12.2. The topological polar surface area (TPSA) is 46.9 Å². The summed E-state index contributed by atoms with van der Waals surface area (Å²) in [6, 6.07) is 16.7. The van der Waals surface area contributed by atoms with Gasteiger partial charge in [0.15, 0.2) is 0 Å². The molecular weight excluding hydrogens is 310 g/mol. The summed E-state index contributed by atoms with van der Waals surface area (Å²) in [5.74, 6) is 1.19. The summed E-state index contributed by atoms with van der Waals surface area (Å²) >= 11 is 0. The third-order valence-corrected chi connectivity index (χ3v) is 6.09. The zero-order chi connectivity index (χ0) is 17.0. The molecule has 0 aliphatic heterocycles. The molecule has 1 spiro atoms. The third-order valence-electron chi connectivity index (χ3n) is 6.09. The summed E-state index contributed by atoms with van der Waals surface area (Å²) in [4.78, 5) is 17.4. The minimum atomic E-state index is 0.104. The monoisotopic (exact) mass is 331 g/mol. The summed E-state index contributed by atoms with van der Waals surface area (Å²) in [7, 11) is 2.00. The van der Waals surface area contributed by atoms with Gasteiger partial charge in [-0.2, -0.15) is 0 Å².